The minimum absolute atomic E-state index is 0.101. The first-order valence-corrected chi connectivity index (χ1v) is 7.64. The van der Waals surface area contributed by atoms with Crippen molar-refractivity contribution in [3.63, 3.8) is 0 Å². The normalized spacial score (nSPS) is 15.1. The first kappa shape index (κ1) is 14.1. The summed E-state index contributed by atoms with van der Waals surface area (Å²) in [4.78, 5) is 16.7. The van der Waals surface area contributed by atoms with Gasteiger partial charge in [-0.25, -0.2) is 4.98 Å². The van der Waals surface area contributed by atoms with Gasteiger partial charge in [-0.2, -0.15) is 0 Å². The number of halogens is 1. The van der Waals surface area contributed by atoms with Gasteiger partial charge in [0.2, 0.25) is 0 Å². The quantitative estimate of drug-likeness (QED) is 0.928. The Kier molecular flexibility index (Phi) is 4.20. The van der Waals surface area contributed by atoms with Crippen molar-refractivity contribution < 1.29 is 4.79 Å². The molecule has 0 unspecified atom stereocenters. The van der Waals surface area contributed by atoms with E-state index in [-0.39, 0.29) is 5.91 Å². The van der Waals surface area contributed by atoms with Gasteiger partial charge in [0.25, 0.3) is 5.91 Å². The second-order valence-electron chi connectivity index (χ2n) is 5.34. The van der Waals surface area contributed by atoms with Gasteiger partial charge in [-0.3, -0.25) is 4.79 Å². The second kappa shape index (κ2) is 6.27. The Balaban J connectivity index is 1.83. The summed E-state index contributed by atoms with van der Waals surface area (Å²) in [5, 5.41) is 3.69. The zero-order chi connectivity index (χ0) is 14.7. The molecule has 3 nitrogen and oxygen atoms in total. The van der Waals surface area contributed by atoms with E-state index >= 15 is 0 Å². The molecule has 1 saturated carbocycles. The van der Waals surface area contributed by atoms with E-state index in [4.69, 9.17) is 11.6 Å². The van der Waals surface area contributed by atoms with Crippen LogP contribution in [-0.2, 0) is 0 Å². The number of nitrogens with one attached hydrogen (secondary N) is 1. The Hall–Kier alpha value is -1.87. The minimum atomic E-state index is -0.101. The number of carbonyl (C=O) groups is 1. The molecular formula is C17H17ClN2O. The second-order valence-corrected chi connectivity index (χ2v) is 5.75. The highest BCUT2D eigenvalue weighted by atomic mass is 35.5. The highest BCUT2D eigenvalue weighted by molar-refractivity contribution is 6.33. The summed E-state index contributed by atoms with van der Waals surface area (Å²) in [5.74, 6) is -0.101. The number of nitrogens with zero attached hydrogens (tertiary/aromatic N) is 1. The summed E-state index contributed by atoms with van der Waals surface area (Å²) in [6, 6.07) is 13.3. The van der Waals surface area contributed by atoms with Gasteiger partial charge in [0.15, 0.2) is 0 Å². The first-order chi connectivity index (χ1) is 10.2. The van der Waals surface area contributed by atoms with Gasteiger partial charge in [-0.15, -0.1) is 0 Å². The molecule has 0 aliphatic heterocycles. The molecule has 0 spiro atoms. The lowest BCUT2D eigenvalue weighted by Crippen LogP contribution is -2.33. The maximum Gasteiger partial charge on any atom is 0.270 e. The molecule has 1 aliphatic carbocycles. The molecule has 1 aliphatic rings. The molecule has 1 fully saturated rings. The van der Waals surface area contributed by atoms with Gasteiger partial charge in [0.1, 0.15) is 5.69 Å². The van der Waals surface area contributed by atoms with Crippen LogP contribution in [0.3, 0.4) is 0 Å². The van der Waals surface area contributed by atoms with E-state index in [1.54, 1.807) is 6.07 Å². The van der Waals surface area contributed by atoms with Gasteiger partial charge in [-0.05, 0) is 31.0 Å². The van der Waals surface area contributed by atoms with Crippen LogP contribution >= 0.6 is 11.6 Å². The van der Waals surface area contributed by atoms with E-state index in [2.05, 4.69) is 10.3 Å². The van der Waals surface area contributed by atoms with Crippen LogP contribution in [-0.4, -0.2) is 16.9 Å². The van der Waals surface area contributed by atoms with Gasteiger partial charge in [0, 0.05) is 16.6 Å². The van der Waals surface area contributed by atoms with E-state index < -0.39 is 0 Å². The molecule has 0 saturated heterocycles. The van der Waals surface area contributed by atoms with Gasteiger partial charge in [0.05, 0.1) is 5.69 Å². The van der Waals surface area contributed by atoms with Crippen molar-refractivity contribution in [2.75, 3.05) is 0 Å². The zero-order valence-corrected chi connectivity index (χ0v) is 12.4. The molecule has 0 bridgehead atoms. The minimum Gasteiger partial charge on any atom is -0.348 e. The fourth-order valence-corrected chi connectivity index (χ4v) is 2.94. The van der Waals surface area contributed by atoms with Gasteiger partial charge < -0.3 is 5.32 Å². The van der Waals surface area contributed by atoms with Crippen LogP contribution in [0.1, 0.15) is 36.2 Å². The Morgan fingerprint density at radius 3 is 2.62 bits per heavy atom. The number of carbonyl (C=O) groups excluding carboxylic acids is 1. The van der Waals surface area contributed by atoms with E-state index in [9.17, 15) is 4.79 Å². The van der Waals surface area contributed by atoms with Gasteiger partial charge in [-0.1, -0.05) is 48.7 Å². The summed E-state index contributed by atoms with van der Waals surface area (Å²) in [5.41, 5.74) is 2.01. The smallest absolute Gasteiger partial charge is 0.270 e. The third kappa shape index (κ3) is 3.24. The molecule has 21 heavy (non-hydrogen) atoms. The third-order valence-electron chi connectivity index (χ3n) is 3.82. The van der Waals surface area contributed by atoms with Crippen LogP contribution in [0.4, 0.5) is 0 Å². The maximum atomic E-state index is 12.3. The predicted molar refractivity (Wildman–Crippen MR) is 84.4 cm³/mol. The monoisotopic (exact) mass is 300 g/mol. The molecule has 1 aromatic carbocycles. The lowest BCUT2D eigenvalue weighted by molar-refractivity contribution is 0.0933. The number of amides is 1. The molecule has 4 heteroatoms. The molecule has 0 atom stereocenters. The van der Waals surface area contributed by atoms with Crippen molar-refractivity contribution in [3.05, 3.63) is 53.2 Å². The topological polar surface area (TPSA) is 42.0 Å². The van der Waals surface area contributed by atoms with E-state index in [0.717, 1.165) is 24.1 Å². The lowest BCUT2D eigenvalue weighted by Gasteiger charge is -2.12. The van der Waals surface area contributed by atoms with Crippen molar-refractivity contribution in [1.29, 1.82) is 0 Å². The SMILES string of the molecule is O=C(NC1CCCC1)c1cccc(-c2ccccc2Cl)n1. The van der Waals surface area contributed by atoms with E-state index in [0.29, 0.717) is 16.8 Å². The molecule has 108 valence electrons. The molecule has 0 radical (unpaired) electrons. The maximum absolute atomic E-state index is 12.3. The van der Waals surface area contributed by atoms with Crippen molar-refractivity contribution in [2.45, 2.75) is 31.7 Å². The number of aromatic nitrogens is 1. The highest BCUT2D eigenvalue weighted by Gasteiger charge is 2.19. The Bertz CT molecular complexity index is 651. The van der Waals surface area contributed by atoms with Gasteiger partial charge >= 0.3 is 0 Å². The fraction of sp³-hybridized carbons (Fsp3) is 0.294. The fourth-order valence-electron chi connectivity index (χ4n) is 2.71. The summed E-state index contributed by atoms with van der Waals surface area (Å²) in [7, 11) is 0. The number of hydrogen-bond donors (Lipinski definition) is 1. The van der Waals surface area contributed by atoms with Crippen molar-refractivity contribution in [2.24, 2.45) is 0 Å². The largest absolute Gasteiger partial charge is 0.348 e. The molecule has 1 N–H and O–H groups in total. The molecule has 1 amide bonds. The van der Waals surface area contributed by atoms with E-state index in [1.165, 1.54) is 12.8 Å². The Labute approximate surface area is 129 Å². The summed E-state index contributed by atoms with van der Waals surface area (Å²) in [6.45, 7) is 0. The van der Waals surface area contributed by atoms with Crippen LogP contribution in [0.2, 0.25) is 5.02 Å². The third-order valence-corrected chi connectivity index (χ3v) is 4.15. The van der Waals surface area contributed by atoms with Crippen molar-refractivity contribution in [1.82, 2.24) is 10.3 Å². The standard InChI is InChI=1S/C17H17ClN2O/c18-14-9-4-3-8-13(14)15-10-5-11-16(20-15)17(21)19-12-6-1-2-7-12/h3-5,8-12H,1-2,6-7H2,(H,19,21). The molecule has 1 heterocycles. The number of hydrogen-bond acceptors (Lipinski definition) is 2. The van der Waals surface area contributed by atoms with Crippen LogP contribution in [0, 0.1) is 0 Å². The highest BCUT2D eigenvalue weighted by Crippen LogP contribution is 2.26. The Morgan fingerprint density at radius 2 is 1.86 bits per heavy atom. The van der Waals surface area contributed by atoms with Crippen LogP contribution in [0.25, 0.3) is 11.3 Å². The van der Waals surface area contributed by atoms with Crippen LogP contribution in [0.5, 0.6) is 0 Å². The summed E-state index contributed by atoms with van der Waals surface area (Å²) in [6.07, 6.45) is 4.52. The number of pyridine rings is 1. The molecule has 3 rings (SSSR count). The number of rotatable bonds is 3. The molecule has 1 aromatic heterocycles. The average molecular weight is 301 g/mol. The zero-order valence-electron chi connectivity index (χ0n) is 11.7. The van der Waals surface area contributed by atoms with Crippen molar-refractivity contribution in [3.8, 4) is 11.3 Å². The molecule has 2 aromatic rings. The summed E-state index contributed by atoms with van der Waals surface area (Å²) < 4.78 is 0. The van der Waals surface area contributed by atoms with E-state index in [1.807, 2.05) is 36.4 Å². The first-order valence-electron chi connectivity index (χ1n) is 7.27. The number of benzene rings is 1. The molecular weight excluding hydrogens is 284 g/mol. The van der Waals surface area contributed by atoms with Crippen LogP contribution < -0.4 is 5.32 Å². The predicted octanol–water partition coefficient (Wildman–Crippen LogP) is 4.07. The van der Waals surface area contributed by atoms with Crippen LogP contribution in [0.15, 0.2) is 42.5 Å². The van der Waals surface area contributed by atoms with Crippen molar-refractivity contribution >= 4 is 17.5 Å². The Morgan fingerprint density at radius 1 is 1.10 bits per heavy atom. The lowest BCUT2D eigenvalue weighted by atomic mass is 10.1. The summed E-state index contributed by atoms with van der Waals surface area (Å²) >= 11 is 6.19. The average Bonchev–Trinajstić information content (AvgIpc) is 3.01.